The van der Waals surface area contributed by atoms with Crippen LogP contribution in [-0.4, -0.2) is 49.5 Å². The molecule has 0 radical (unpaired) electrons. The van der Waals surface area contributed by atoms with Crippen LogP contribution in [0.3, 0.4) is 0 Å². The zero-order valence-electron chi connectivity index (χ0n) is 16.9. The van der Waals surface area contributed by atoms with Crippen LogP contribution in [0.25, 0.3) is 0 Å². The molecule has 0 aromatic heterocycles. The summed E-state index contributed by atoms with van der Waals surface area (Å²) in [5.74, 6) is 0.362. The van der Waals surface area contributed by atoms with E-state index in [1.165, 1.54) is 0 Å². The smallest absolute Gasteiger partial charge is 0.262 e. The third kappa shape index (κ3) is 5.80. The van der Waals surface area contributed by atoms with Gasteiger partial charge >= 0.3 is 0 Å². The van der Waals surface area contributed by atoms with Crippen molar-refractivity contribution < 1.29 is 14.3 Å². The Morgan fingerprint density at radius 3 is 2.43 bits per heavy atom. The summed E-state index contributed by atoms with van der Waals surface area (Å²) in [6, 6.07) is 12.4. The number of anilines is 2. The highest BCUT2D eigenvalue weighted by Gasteiger charge is 2.22. The number of carbonyl (C=O) groups is 2. The number of piperazine rings is 1. The molecular formula is C22H25Cl2N3O3. The Balaban J connectivity index is 1.53. The van der Waals surface area contributed by atoms with E-state index in [0.717, 1.165) is 25.2 Å². The molecule has 0 atom stereocenters. The molecular weight excluding hydrogens is 425 g/mol. The Morgan fingerprint density at radius 2 is 1.77 bits per heavy atom. The van der Waals surface area contributed by atoms with Crippen molar-refractivity contribution in [2.75, 3.05) is 43.0 Å². The molecule has 1 N–H and O–H groups in total. The van der Waals surface area contributed by atoms with E-state index in [2.05, 4.69) is 10.2 Å². The molecule has 1 saturated heterocycles. The number of benzene rings is 2. The summed E-state index contributed by atoms with van der Waals surface area (Å²) in [5.41, 5.74) is 1.48. The molecule has 0 saturated carbocycles. The van der Waals surface area contributed by atoms with Crippen molar-refractivity contribution in [3.8, 4) is 5.75 Å². The lowest BCUT2D eigenvalue weighted by molar-refractivity contribution is -0.131. The summed E-state index contributed by atoms with van der Waals surface area (Å²) >= 11 is 12.5. The predicted molar refractivity (Wildman–Crippen MR) is 121 cm³/mol. The topological polar surface area (TPSA) is 61.9 Å². The molecule has 2 amide bonds. The Labute approximate surface area is 186 Å². The van der Waals surface area contributed by atoms with Gasteiger partial charge in [0.2, 0.25) is 5.91 Å². The maximum atomic E-state index is 12.2. The summed E-state index contributed by atoms with van der Waals surface area (Å²) in [6.45, 7) is 4.69. The monoisotopic (exact) mass is 449 g/mol. The summed E-state index contributed by atoms with van der Waals surface area (Å²) in [4.78, 5) is 28.3. The van der Waals surface area contributed by atoms with Crippen molar-refractivity contribution in [1.82, 2.24) is 4.90 Å². The minimum absolute atomic E-state index is 0.156. The lowest BCUT2D eigenvalue weighted by Gasteiger charge is -2.36. The van der Waals surface area contributed by atoms with Gasteiger partial charge in [0.05, 0.1) is 15.7 Å². The van der Waals surface area contributed by atoms with Crippen molar-refractivity contribution in [2.45, 2.75) is 19.8 Å². The lowest BCUT2D eigenvalue weighted by Crippen LogP contribution is -2.48. The van der Waals surface area contributed by atoms with Crippen LogP contribution in [0.15, 0.2) is 42.5 Å². The molecule has 2 aromatic carbocycles. The van der Waals surface area contributed by atoms with E-state index in [-0.39, 0.29) is 18.4 Å². The van der Waals surface area contributed by atoms with Gasteiger partial charge in [0.25, 0.3) is 5.91 Å². The molecule has 8 heteroatoms. The fraction of sp³-hybridized carbons (Fsp3) is 0.364. The number of nitrogens with zero attached hydrogens (tertiary/aromatic N) is 2. The molecule has 1 fully saturated rings. The molecule has 0 unspecified atom stereocenters. The van der Waals surface area contributed by atoms with Crippen LogP contribution in [0.1, 0.15) is 19.8 Å². The molecule has 6 nitrogen and oxygen atoms in total. The Kier molecular flexibility index (Phi) is 7.82. The van der Waals surface area contributed by atoms with Gasteiger partial charge in [0.1, 0.15) is 5.75 Å². The third-order valence-corrected chi connectivity index (χ3v) is 5.48. The van der Waals surface area contributed by atoms with Crippen LogP contribution in [0.4, 0.5) is 11.4 Å². The number of ether oxygens (including phenoxy) is 1. The highest BCUT2D eigenvalue weighted by Crippen LogP contribution is 2.30. The molecule has 0 spiro atoms. The molecule has 1 aliphatic rings. The average Bonchev–Trinajstić information content (AvgIpc) is 2.74. The van der Waals surface area contributed by atoms with Gasteiger partial charge < -0.3 is 19.9 Å². The Morgan fingerprint density at radius 1 is 1.03 bits per heavy atom. The van der Waals surface area contributed by atoms with Gasteiger partial charge in [0.15, 0.2) is 6.61 Å². The van der Waals surface area contributed by atoms with E-state index in [1.54, 1.807) is 30.3 Å². The first-order chi connectivity index (χ1) is 14.5. The molecule has 2 aromatic rings. The quantitative estimate of drug-likeness (QED) is 0.677. The molecule has 0 aliphatic carbocycles. The van der Waals surface area contributed by atoms with Crippen molar-refractivity contribution in [3.63, 3.8) is 0 Å². The number of amides is 2. The van der Waals surface area contributed by atoms with Crippen molar-refractivity contribution >= 4 is 46.4 Å². The second-order valence-corrected chi connectivity index (χ2v) is 7.87. The molecule has 30 heavy (non-hydrogen) atoms. The van der Waals surface area contributed by atoms with Gasteiger partial charge in [-0.1, -0.05) is 42.3 Å². The van der Waals surface area contributed by atoms with E-state index in [9.17, 15) is 9.59 Å². The molecule has 0 bridgehead atoms. The number of hydrogen-bond acceptors (Lipinski definition) is 4. The van der Waals surface area contributed by atoms with Crippen LogP contribution < -0.4 is 15.0 Å². The van der Waals surface area contributed by atoms with Gasteiger partial charge in [-0.2, -0.15) is 0 Å². The summed E-state index contributed by atoms with van der Waals surface area (Å²) in [7, 11) is 0. The van der Waals surface area contributed by atoms with Crippen LogP contribution in [0.2, 0.25) is 10.0 Å². The second-order valence-electron chi connectivity index (χ2n) is 7.05. The standard InChI is InChI=1S/C22H25Cl2N3O3/c1-2-5-22(29)27-12-10-26(11-13-27)19-9-8-16(14-18(19)24)25-21(28)15-30-20-7-4-3-6-17(20)23/h3-4,6-9,14H,2,5,10-13,15H2,1H3,(H,25,28). The highest BCUT2D eigenvalue weighted by molar-refractivity contribution is 6.33. The van der Waals surface area contributed by atoms with E-state index in [1.807, 2.05) is 24.0 Å². The SMILES string of the molecule is CCCC(=O)N1CCN(c2ccc(NC(=O)COc3ccccc3Cl)cc2Cl)CC1. The average molecular weight is 450 g/mol. The van der Waals surface area contributed by atoms with E-state index in [4.69, 9.17) is 27.9 Å². The maximum Gasteiger partial charge on any atom is 0.262 e. The van der Waals surface area contributed by atoms with E-state index in [0.29, 0.717) is 41.0 Å². The fourth-order valence-corrected chi connectivity index (χ4v) is 3.80. The van der Waals surface area contributed by atoms with Crippen LogP contribution in [0, 0.1) is 0 Å². The largest absolute Gasteiger partial charge is 0.482 e. The third-order valence-electron chi connectivity index (χ3n) is 4.86. The first-order valence-electron chi connectivity index (χ1n) is 9.97. The normalized spacial score (nSPS) is 13.8. The minimum atomic E-state index is -0.304. The molecule has 3 rings (SSSR count). The van der Waals surface area contributed by atoms with Crippen LogP contribution >= 0.6 is 23.2 Å². The molecule has 1 aliphatic heterocycles. The maximum absolute atomic E-state index is 12.2. The number of hydrogen-bond donors (Lipinski definition) is 1. The van der Waals surface area contributed by atoms with Crippen LogP contribution in [0.5, 0.6) is 5.75 Å². The Bertz CT molecular complexity index is 899. The van der Waals surface area contributed by atoms with Crippen molar-refractivity contribution in [2.24, 2.45) is 0 Å². The summed E-state index contributed by atoms with van der Waals surface area (Å²) < 4.78 is 5.45. The molecule has 1 heterocycles. The van der Waals surface area contributed by atoms with Gasteiger partial charge in [-0.25, -0.2) is 0 Å². The first-order valence-corrected chi connectivity index (χ1v) is 10.7. The van der Waals surface area contributed by atoms with Crippen molar-refractivity contribution in [1.29, 1.82) is 0 Å². The lowest BCUT2D eigenvalue weighted by atomic mass is 10.2. The number of para-hydroxylation sites is 1. The minimum Gasteiger partial charge on any atom is -0.482 e. The van der Waals surface area contributed by atoms with Gasteiger partial charge in [0, 0.05) is 38.3 Å². The summed E-state index contributed by atoms with van der Waals surface area (Å²) in [6.07, 6.45) is 1.46. The first kappa shape index (κ1) is 22.2. The van der Waals surface area contributed by atoms with Gasteiger partial charge in [-0.3, -0.25) is 9.59 Å². The van der Waals surface area contributed by atoms with Crippen LogP contribution in [-0.2, 0) is 9.59 Å². The zero-order valence-corrected chi connectivity index (χ0v) is 18.4. The second kappa shape index (κ2) is 10.5. The Hall–Kier alpha value is -2.44. The van der Waals surface area contributed by atoms with E-state index >= 15 is 0 Å². The van der Waals surface area contributed by atoms with E-state index < -0.39 is 0 Å². The number of carbonyl (C=O) groups excluding carboxylic acids is 2. The summed E-state index contributed by atoms with van der Waals surface area (Å²) in [5, 5.41) is 3.78. The number of rotatable bonds is 7. The van der Waals surface area contributed by atoms with Gasteiger partial charge in [-0.15, -0.1) is 0 Å². The highest BCUT2D eigenvalue weighted by atomic mass is 35.5. The predicted octanol–water partition coefficient (Wildman–Crippen LogP) is 4.46. The fourth-order valence-electron chi connectivity index (χ4n) is 3.31. The van der Waals surface area contributed by atoms with Crippen molar-refractivity contribution in [3.05, 3.63) is 52.5 Å². The molecule has 160 valence electrons. The van der Waals surface area contributed by atoms with Gasteiger partial charge in [-0.05, 0) is 36.8 Å². The number of nitrogens with one attached hydrogen (secondary N) is 1. The zero-order chi connectivity index (χ0) is 21.5. The number of halogens is 2.